The summed E-state index contributed by atoms with van der Waals surface area (Å²) in [6.45, 7) is 0.334. The molecule has 0 spiro atoms. The molecule has 126 valence electrons. The maximum atomic E-state index is 13.9. The van der Waals surface area contributed by atoms with Crippen LogP contribution in [0, 0.1) is 5.82 Å². The van der Waals surface area contributed by atoms with E-state index >= 15 is 0 Å². The normalized spacial score (nSPS) is 16.1. The number of para-hydroxylation sites is 1. The van der Waals surface area contributed by atoms with Gasteiger partial charge in [0.05, 0.1) is 24.8 Å². The third-order valence-electron chi connectivity index (χ3n) is 4.02. The molecule has 0 unspecified atom stereocenters. The zero-order chi connectivity index (χ0) is 17.3. The van der Waals surface area contributed by atoms with Crippen molar-refractivity contribution in [3.63, 3.8) is 0 Å². The fraction of sp³-hybridized carbons (Fsp3) is 0.294. The highest BCUT2D eigenvalue weighted by Crippen LogP contribution is 2.38. The highest BCUT2D eigenvalue weighted by Gasteiger charge is 2.31. The number of hydrogen-bond acceptors (Lipinski definition) is 4. The van der Waals surface area contributed by atoms with Crippen molar-refractivity contribution in [2.24, 2.45) is 0 Å². The van der Waals surface area contributed by atoms with Gasteiger partial charge in [0.25, 0.3) is 5.91 Å². The molecule has 2 heterocycles. The van der Waals surface area contributed by atoms with Crippen LogP contribution in [0.2, 0.25) is 5.02 Å². The lowest BCUT2D eigenvalue weighted by atomic mass is 9.98. The summed E-state index contributed by atoms with van der Waals surface area (Å²) >= 11 is 5.95. The molecule has 1 aromatic heterocycles. The van der Waals surface area contributed by atoms with E-state index in [1.165, 1.54) is 30.3 Å². The van der Waals surface area contributed by atoms with Crippen LogP contribution in [-0.2, 0) is 0 Å². The van der Waals surface area contributed by atoms with Crippen molar-refractivity contribution >= 4 is 17.5 Å². The van der Waals surface area contributed by atoms with Gasteiger partial charge in [-0.2, -0.15) is 0 Å². The van der Waals surface area contributed by atoms with E-state index in [0.29, 0.717) is 23.6 Å². The quantitative estimate of drug-likeness (QED) is 0.850. The molecule has 3 rings (SSSR count). The van der Waals surface area contributed by atoms with Gasteiger partial charge in [-0.25, -0.2) is 9.37 Å². The highest BCUT2D eigenvalue weighted by atomic mass is 35.5. The van der Waals surface area contributed by atoms with E-state index in [-0.39, 0.29) is 29.1 Å². The minimum Gasteiger partial charge on any atom is -0.490 e. The molecule has 0 bridgehead atoms. The molecule has 1 aliphatic rings. The van der Waals surface area contributed by atoms with E-state index in [9.17, 15) is 9.18 Å². The molecule has 0 N–H and O–H groups in total. The van der Waals surface area contributed by atoms with Gasteiger partial charge in [0.1, 0.15) is 5.56 Å². The van der Waals surface area contributed by atoms with Crippen LogP contribution >= 0.6 is 11.6 Å². The number of carbonyl (C=O) groups excluding carboxylic acids is 1. The largest absolute Gasteiger partial charge is 0.490 e. The fourth-order valence-corrected chi connectivity index (χ4v) is 3.00. The second kappa shape index (κ2) is 6.65. The number of hydrogen-bond donors (Lipinski definition) is 0. The van der Waals surface area contributed by atoms with Crippen molar-refractivity contribution in [2.45, 2.75) is 12.5 Å². The van der Waals surface area contributed by atoms with Crippen LogP contribution in [0.3, 0.4) is 0 Å². The van der Waals surface area contributed by atoms with Gasteiger partial charge in [-0.1, -0.05) is 23.7 Å². The second-order valence-electron chi connectivity index (χ2n) is 5.44. The molecule has 1 aliphatic heterocycles. The monoisotopic (exact) mass is 350 g/mol. The number of rotatable bonds is 3. The summed E-state index contributed by atoms with van der Waals surface area (Å²) in [7, 11) is 3.10. The maximum absolute atomic E-state index is 13.9. The predicted octanol–water partition coefficient (Wildman–Crippen LogP) is 3.48. The summed E-state index contributed by atoms with van der Waals surface area (Å²) in [6.07, 6.45) is 1.98. The van der Waals surface area contributed by atoms with Gasteiger partial charge in [-0.15, -0.1) is 0 Å². The van der Waals surface area contributed by atoms with Crippen LogP contribution in [0.5, 0.6) is 11.6 Å². The SMILES string of the molecule is COc1ncc(Cl)cc1C(=O)N(C)[C@@H]1CCOc2c(F)cccc21. The van der Waals surface area contributed by atoms with Crippen LogP contribution in [0.4, 0.5) is 4.39 Å². The first kappa shape index (κ1) is 16.5. The summed E-state index contributed by atoms with van der Waals surface area (Å²) < 4.78 is 24.5. The Morgan fingerprint density at radius 1 is 1.50 bits per heavy atom. The zero-order valence-corrected chi connectivity index (χ0v) is 14.0. The Hall–Kier alpha value is -2.34. The van der Waals surface area contributed by atoms with Crippen molar-refractivity contribution < 1.29 is 18.7 Å². The van der Waals surface area contributed by atoms with E-state index < -0.39 is 5.82 Å². The molecule has 0 saturated heterocycles. The number of fused-ring (bicyclic) bond motifs is 1. The van der Waals surface area contributed by atoms with Gasteiger partial charge >= 0.3 is 0 Å². The average Bonchev–Trinajstić information content (AvgIpc) is 2.60. The Kier molecular flexibility index (Phi) is 4.57. The van der Waals surface area contributed by atoms with Crippen molar-refractivity contribution in [3.8, 4) is 11.6 Å². The van der Waals surface area contributed by atoms with Gasteiger partial charge in [0.15, 0.2) is 11.6 Å². The first-order chi connectivity index (χ1) is 11.5. The lowest BCUT2D eigenvalue weighted by Gasteiger charge is -2.33. The summed E-state index contributed by atoms with van der Waals surface area (Å²) in [5, 5.41) is 0.339. The Morgan fingerprint density at radius 2 is 2.29 bits per heavy atom. The number of ether oxygens (including phenoxy) is 2. The molecular formula is C17H16ClFN2O3. The predicted molar refractivity (Wildman–Crippen MR) is 87.1 cm³/mol. The average molecular weight is 351 g/mol. The Bertz CT molecular complexity index is 784. The number of nitrogens with zero attached hydrogens (tertiary/aromatic N) is 2. The fourth-order valence-electron chi connectivity index (χ4n) is 2.84. The minimum atomic E-state index is -0.431. The molecule has 1 amide bonds. The third kappa shape index (κ3) is 2.89. The van der Waals surface area contributed by atoms with Crippen molar-refractivity contribution in [2.75, 3.05) is 20.8 Å². The van der Waals surface area contributed by atoms with Crippen LogP contribution in [-0.4, -0.2) is 36.6 Å². The number of benzene rings is 1. The van der Waals surface area contributed by atoms with Gasteiger partial charge in [0, 0.05) is 25.2 Å². The number of pyridine rings is 1. The summed E-state index contributed by atoms with van der Waals surface area (Å²) in [4.78, 5) is 18.4. The smallest absolute Gasteiger partial charge is 0.259 e. The van der Waals surface area contributed by atoms with Crippen LogP contribution in [0.1, 0.15) is 28.4 Å². The Balaban J connectivity index is 1.96. The summed E-state index contributed by atoms with van der Waals surface area (Å²) in [5.74, 6) is -0.337. The zero-order valence-electron chi connectivity index (χ0n) is 13.3. The van der Waals surface area contributed by atoms with Gasteiger partial charge in [0.2, 0.25) is 5.88 Å². The van der Waals surface area contributed by atoms with Crippen molar-refractivity contribution in [1.29, 1.82) is 0 Å². The Labute approximate surface area is 144 Å². The number of halogens is 2. The van der Waals surface area contributed by atoms with E-state index in [1.807, 2.05) is 0 Å². The summed E-state index contributed by atoms with van der Waals surface area (Å²) in [5.41, 5.74) is 0.906. The molecule has 0 radical (unpaired) electrons. The van der Waals surface area contributed by atoms with E-state index in [4.69, 9.17) is 21.1 Å². The number of aromatic nitrogens is 1. The number of methoxy groups -OCH3 is 1. The summed E-state index contributed by atoms with van der Waals surface area (Å²) in [6, 6.07) is 5.92. The molecule has 2 aromatic rings. The highest BCUT2D eigenvalue weighted by molar-refractivity contribution is 6.30. The minimum absolute atomic E-state index is 0.197. The molecular weight excluding hydrogens is 335 g/mol. The van der Waals surface area contributed by atoms with Crippen molar-refractivity contribution in [3.05, 3.63) is 52.4 Å². The first-order valence-electron chi connectivity index (χ1n) is 7.41. The molecule has 0 aliphatic carbocycles. The van der Waals surface area contributed by atoms with E-state index in [1.54, 1.807) is 19.2 Å². The van der Waals surface area contributed by atoms with Crippen molar-refractivity contribution in [1.82, 2.24) is 9.88 Å². The van der Waals surface area contributed by atoms with Crippen LogP contribution in [0.15, 0.2) is 30.5 Å². The second-order valence-corrected chi connectivity index (χ2v) is 5.87. The van der Waals surface area contributed by atoms with Crippen LogP contribution < -0.4 is 9.47 Å². The van der Waals surface area contributed by atoms with Gasteiger partial charge < -0.3 is 14.4 Å². The lowest BCUT2D eigenvalue weighted by Crippen LogP contribution is -2.34. The molecule has 0 saturated carbocycles. The van der Waals surface area contributed by atoms with E-state index in [2.05, 4.69) is 4.98 Å². The number of carbonyl (C=O) groups is 1. The van der Waals surface area contributed by atoms with Gasteiger partial charge in [-0.3, -0.25) is 4.79 Å². The lowest BCUT2D eigenvalue weighted by molar-refractivity contribution is 0.0679. The standard InChI is InChI=1S/C17H16ClFN2O3/c1-21(17(22)12-8-10(18)9-20-16(12)23-2)14-6-7-24-15-11(14)4-3-5-13(15)19/h3-5,8-9,14H,6-7H2,1-2H3/t14-/m1/s1. The molecule has 7 heteroatoms. The van der Waals surface area contributed by atoms with E-state index in [0.717, 1.165) is 0 Å². The first-order valence-corrected chi connectivity index (χ1v) is 7.78. The maximum Gasteiger partial charge on any atom is 0.259 e. The molecule has 1 aromatic carbocycles. The molecule has 1 atom stereocenters. The topological polar surface area (TPSA) is 51.7 Å². The molecule has 24 heavy (non-hydrogen) atoms. The molecule has 0 fully saturated rings. The number of amides is 1. The molecule has 5 nitrogen and oxygen atoms in total. The Morgan fingerprint density at radius 3 is 3.04 bits per heavy atom. The third-order valence-corrected chi connectivity index (χ3v) is 4.23. The van der Waals surface area contributed by atoms with Crippen LogP contribution in [0.25, 0.3) is 0 Å². The van der Waals surface area contributed by atoms with Gasteiger partial charge in [-0.05, 0) is 12.1 Å².